The highest BCUT2D eigenvalue weighted by Gasteiger charge is 1.98. The topological polar surface area (TPSA) is 21.6 Å². The highest BCUT2D eigenvalue weighted by Crippen LogP contribution is 2.10. The van der Waals surface area contributed by atoms with Crippen LogP contribution in [0, 0.1) is 0 Å². The maximum absolute atomic E-state index is 5.00. The third-order valence-electron chi connectivity index (χ3n) is 1.24. The Balaban J connectivity index is 2.56. The number of hydrogen-bond donors (Lipinski definition) is 0. The molecule has 48 valence electrons. The van der Waals surface area contributed by atoms with Crippen LogP contribution in [0.5, 0.6) is 0 Å². The van der Waals surface area contributed by atoms with Gasteiger partial charge in [0.2, 0.25) is 0 Å². The standard InChI is InChI=1S/C8H5NO/c1-2-4-8-5-7(3-1)9-6-10-8/h1-4,6H. The van der Waals surface area contributed by atoms with Crippen molar-refractivity contribution in [1.29, 1.82) is 0 Å². The minimum atomic E-state index is 0.718. The smallest absolute Gasteiger partial charge is 0.183 e. The van der Waals surface area contributed by atoms with Gasteiger partial charge in [-0.25, -0.2) is 4.99 Å². The molecule has 2 rings (SSSR count). The number of ether oxygens (including phenoxy) is 1. The zero-order valence-corrected chi connectivity index (χ0v) is 5.24. The molecular weight excluding hydrogens is 126 g/mol. The first-order valence-electron chi connectivity index (χ1n) is 3.00. The monoisotopic (exact) mass is 131 g/mol. The number of hydrogen-bond acceptors (Lipinski definition) is 2. The molecular formula is C8H5NO. The lowest BCUT2D eigenvalue weighted by molar-refractivity contribution is 0.451. The molecule has 0 aromatic heterocycles. The molecule has 0 aromatic carbocycles. The number of allylic oxidation sites excluding steroid dienone is 3. The number of nitrogens with zero attached hydrogens (tertiary/aromatic N) is 1. The molecule has 2 heteroatoms. The summed E-state index contributed by atoms with van der Waals surface area (Å²) in [6, 6.07) is 0. The van der Waals surface area contributed by atoms with Crippen molar-refractivity contribution in [3.63, 3.8) is 0 Å². The Hall–Kier alpha value is -1.53. The average Bonchev–Trinajstić information content (AvgIpc) is 2.12. The van der Waals surface area contributed by atoms with E-state index in [4.69, 9.17) is 4.74 Å². The Kier molecular flexibility index (Phi) is 1.06. The highest BCUT2D eigenvalue weighted by molar-refractivity contribution is 5.56. The van der Waals surface area contributed by atoms with Gasteiger partial charge in [-0.2, -0.15) is 0 Å². The summed E-state index contributed by atoms with van der Waals surface area (Å²) in [6.07, 6.45) is 8.93. The van der Waals surface area contributed by atoms with Gasteiger partial charge in [0.05, 0.1) is 0 Å². The molecule has 2 bridgehead atoms. The average molecular weight is 131 g/mol. The summed E-state index contributed by atoms with van der Waals surface area (Å²) in [6.45, 7) is 0. The summed E-state index contributed by atoms with van der Waals surface area (Å²) in [5, 5.41) is 0. The van der Waals surface area contributed by atoms with Gasteiger partial charge < -0.3 is 4.74 Å². The van der Waals surface area contributed by atoms with Crippen molar-refractivity contribution in [2.75, 3.05) is 0 Å². The Bertz CT molecular complexity index is 301. The van der Waals surface area contributed by atoms with E-state index in [9.17, 15) is 0 Å². The zero-order valence-electron chi connectivity index (χ0n) is 5.24. The van der Waals surface area contributed by atoms with Gasteiger partial charge in [-0.15, -0.1) is 0 Å². The summed E-state index contributed by atoms with van der Waals surface area (Å²) in [4.78, 5) is 3.92. The van der Waals surface area contributed by atoms with Gasteiger partial charge in [0, 0.05) is 0 Å². The van der Waals surface area contributed by atoms with E-state index < -0.39 is 0 Å². The van der Waals surface area contributed by atoms with Crippen LogP contribution in [0.4, 0.5) is 0 Å². The second-order valence-corrected chi connectivity index (χ2v) is 1.95. The van der Waals surface area contributed by atoms with Crippen molar-refractivity contribution in [1.82, 2.24) is 0 Å². The van der Waals surface area contributed by atoms with Crippen LogP contribution in [-0.2, 0) is 4.74 Å². The predicted molar refractivity (Wildman–Crippen MR) is 38.4 cm³/mol. The van der Waals surface area contributed by atoms with Crippen LogP contribution in [0.3, 0.4) is 0 Å². The predicted octanol–water partition coefficient (Wildman–Crippen LogP) is 1.54. The molecule has 2 nitrogen and oxygen atoms in total. The maximum Gasteiger partial charge on any atom is 0.183 e. The first-order valence-corrected chi connectivity index (χ1v) is 3.00. The van der Waals surface area contributed by atoms with Crippen LogP contribution >= 0.6 is 0 Å². The third-order valence-corrected chi connectivity index (χ3v) is 1.24. The van der Waals surface area contributed by atoms with E-state index in [1.54, 1.807) is 0 Å². The molecule has 0 N–H and O–H groups in total. The number of aliphatic imine (C=N–C) groups is 1. The van der Waals surface area contributed by atoms with Crippen molar-refractivity contribution < 1.29 is 4.74 Å². The van der Waals surface area contributed by atoms with Gasteiger partial charge in [0.15, 0.2) is 12.2 Å². The quantitative estimate of drug-likeness (QED) is 0.457. The van der Waals surface area contributed by atoms with Gasteiger partial charge in [-0.05, 0) is 17.9 Å². The molecule has 0 spiro atoms. The van der Waals surface area contributed by atoms with Gasteiger partial charge in [-0.1, -0.05) is 12.2 Å². The molecule has 0 saturated carbocycles. The molecule has 2 aliphatic rings. The fourth-order valence-corrected chi connectivity index (χ4v) is 0.783. The molecule has 1 aliphatic carbocycles. The highest BCUT2D eigenvalue weighted by atomic mass is 16.5. The van der Waals surface area contributed by atoms with E-state index in [0.717, 1.165) is 11.5 Å². The Morgan fingerprint density at radius 1 is 1.30 bits per heavy atom. The fourth-order valence-electron chi connectivity index (χ4n) is 0.783. The van der Waals surface area contributed by atoms with Gasteiger partial charge >= 0.3 is 0 Å². The lowest BCUT2D eigenvalue weighted by atomic mass is 10.4. The fraction of sp³-hybridized carbons (Fsp3) is 0. The Morgan fingerprint density at radius 3 is 3.20 bits per heavy atom. The first kappa shape index (κ1) is 5.27. The van der Waals surface area contributed by atoms with E-state index in [-0.39, 0.29) is 0 Å². The minimum Gasteiger partial charge on any atom is -0.437 e. The van der Waals surface area contributed by atoms with E-state index in [1.165, 1.54) is 6.40 Å². The first-order chi connectivity index (χ1) is 4.95. The molecule has 0 atom stereocenters. The van der Waals surface area contributed by atoms with Crippen molar-refractivity contribution >= 4 is 6.40 Å². The van der Waals surface area contributed by atoms with Gasteiger partial charge in [-0.3, -0.25) is 0 Å². The van der Waals surface area contributed by atoms with Crippen LogP contribution < -0.4 is 0 Å². The second-order valence-electron chi connectivity index (χ2n) is 1.95. The van der Waals surface area contributed by atoms with E-state index in [0.29, 0.717) is 0 Å². The van der Waals surface area contributed by atoms with Crippen LogP contribution in [0.2, 0.25) is 0 Å². The third kappa shape index (κ3) is 0.809. The molecule has 0 saturated heterocycles. The van der Waals surface area contributed by atoms with Gasteiger partial charge in [0.1, 0.15) is 5.70 Å². The molecule has 0 amide bonds. The molecule has 0 unspecified atom stereocenters. The molecule has 0 aromatic rings. The summed E-state index contributed by atoms with van der Waals surface area (Å²) in [7, 11) is 0. The minimum absolute atomic E-state index is 0.718. The Labute approximate surface area is 58.5 Å². The normalized spacial score (nSPS) is 19.2. The van der Waals surface area contributed by atoms with Crippen LogP contribution in [0.1, 0.15) is 0 Å². The largest absolute Gasteiger partial charge is 0.437 e. The van der Waals surface area contributed by atoms with E-state index >= 15 is 0 Å². The van der Waals surface area contributed by atoms with Crippen molar-refractivity contribution in [2.24, 2.45) is 4.99 Å². The molecule has 1 aliphatic heterocycles. The van der Waals surface area contributed by atoms with Crippen LogP contribution in [0.25, 0.3) is 0 Å². The van der Waals surface area contributed by atoms with Crippen LogP contribution in [0.15, 0.2) is 46.5 Å². The lowest BCUT2D eigenvalue weighted by Gasteiger charge is -1.99. The lowest BCUT2D eigenvalue weighted by Crippen LogP contribution is -1.89. The van der Waals surface area contributed by atoms with E-state index in [2.05, 4.69) is 10.7 Å². The van der Waals surface area contributed by atoms with Crippen molar-refractivity contribution in [3.8, 4) is 0 Å². The molecule has 10 heavy (non-hydrogen) atoms. The summed E-state index contributed by atoms with van der Waals surface area (Å²) in [5.74, 6) is 0.718. The van der Waals surface area contributed by atoms with Crippen LogP contribution in [-0.4, -0.2) is 6.40 Å². The SMILES string of the molecule is C1=C2C=CC=CC=1OC=N2. The summed E-state index contributed by atoms with van der Waals surface area (Å²) in [5.41, 5.74) is 3.77. The Morgan fingerprint density at radius 2 is 2.20 bits per heavy atom. The second kappa shape index (κ2) is 2.01. The molecule has 0 radical (unpaired) electrons. The summed E-state index contributed by atoms with van der Waals surface area (Å²) >= 11 is 0. The van der Waals surface area contributed by atoms with Gasteiger partial charge in [0.25, 0.3) is 0 Å². The van der Waals surface area contributed by atoms with E-state index in [1.807, 2.05) is 24.3 Å². The summed E-state index contributed by atoms with van der Waals surface area (Å²) < 4.78 is 5.00. The molecule has 0 fully saturated rings. The maximum atomic E-state index is 5.00. The van der Waals surface area contributed by atoms with Crippen molar-refractivity contribution in [2.45, 2.75) is 0 Å². The zero-order chi connectivity index (χ0) is 6.81. The van der Waals surface area contributed by atoms with Crippen molar-refractivity contribution in [3.05, 3.63) is 41.5 Å². The molecule has 1 heterocycles. The number of rotatable bonds is 0.